The predicted molar refractivity (Wildman–Crippen MR) is 62.2 cm³/mol. The highest BCUT2D eigenvalue weighted by molar-refractivity contribution is 5.76. The van der Waals surface area contributed by atoms with Crippen LogP contribution in [0.1, 0.15) is 43.2 Å². The molecule has 0 saturated carbocycles. The van der Waals surface area contributed by atoms with E-state index < -0.39 is 0 Å². The summed E-state index contributed by atoms with van der Waals surface area (Å²) in [6.45, 7) is 6.66. The van der Waals surface area contributed by atoms with Crippen molar-refractivity contribution in [3.63, 3.8) is 0 Å². The number of hydrogen-bond donors (Lipinski definition) is 1. The number of amides is 1. The van der Waals surface area contributed by atoms with Gasteiger partial charge < -0.3 is 9.84 Å². The summed E-state index contributed by atoms with van der Waals surface area (Å²) in [5.74, 6) is 0.923. The van der Waals surface area contributed by atoms with Gasteiger partial charge in [0.15, 0.2) is 0 Å². The summed E-state index contributed by atoms with van der Waals surface area (Å²) in [6.07, 6.45) is 3.35. The van der Waals surface area contributed by atoms with Gasteiger partial charge in [0.1, 0.15) is 5.76 Å². The lowest BCUT2D eigenvalue weighted by atomic mass is 10.1. The maximum atomic E-state index is 11.5. The van der Waals surface area contributed by atoms with Crippen LogP contribution in [0.5, 0.6) is 0 Å². The minimum Gasteiger partial charge on any atom is -0.361 e. The Bertz CT molecular complexity index is 325. The number of aryl methyl sites for hydroxylation is 2. The number of carbonyl (C=O) groups excluding carboxylic acids is 1. The van der Waals surface area contributed by atoms with Crippen LogP contribution in [0.25, 0.3) is 0 Å². The zero-order valence-electron chi connectivity index (χ0n) is 10.3. The zero-order chi connectivity index (χ0) is 12.0. The summed E-state index contributed by atoms with van der Waals surface area (Å²) in [5.41, 5.74) is 1.95. The molecule has 90 valence electrons. The van der Waals surface area contributed by atoms with E-state index in [0.717, 1.165) is 36.4 Å². The summed E-state index contributed by atoms with van der Waals surface area (Å²) in [4.78, 5) is 11.5. The van der Waals surface area contributed by atoms with E-state index in [1.165, 1.54) is 0 Å². The summed E-state index contributed by atoms with van der Waals surface area (Å²) in [6, 6.07) is 0. The number of nitrogens with one attached hydrogen (secondary N) is 1. The van der Waals surface area contributed by atoms with Crippen LogP contribution < -0.4 is 5.32 Å². The molecule has 0 radical (unpaired) electrons. The van der Waals surface area contributed by atoms with Crippen LogP contribution in [0, 0.1) is 13.8 Å². The van der Waals surface area contributed by atoms with E-state index in [-0.39, 0.29) is 5.91 Å². The second-order valence-electron chi connectivity index (χ2n) is 4.01. The first-order chi connectivity index (χ1) is 7.65. The van der Waals surface area contributed by atoms with Crippen LogP contribution in [0.2, 0.25) is 0 Å². The third-order valence-corrected chi connectivity index (χ3v) is 2.64. The van der Waals surface area contributed by atoms with Gasteiger partial charge in [-0.25, -0.2) is 0 Å². The maximum absolute atomic E-state index is 11.5. The average Bonchev–Trinajstić information content (AvgIpc) is 2.57. The monoisotopic (exact) mass is 224 g/mol. The molecule has 0 aromatic carbocycles. The third-order valence-electron chi connectivity index (χ3n) is 2.64. The van der Waals surface area contributed by atoms with E-state index in [9.17, 15) is 4.79 Å². The highest BCUT2D eigenvalue weighted by Crippen LogP contribution is 2.13. The Balaban J connectivity index is 2.32. The van der Waals surface area contributed by atoms with Crippen molar-refractivity contribution in [1.82, 2.24) is 10.5 Å². The normalized spacial score (nSPS) is 10.4. The van der Waals surface area contributed by atoms with Crippen molar-refractivity contribution in [3.05, 3.63) is 17.0 Å². The van der Waals surface area contributed by atoms with Crippen molar-refractivity contribution in [3.8, 4) is 0 Å². The van der Waals surface area contributed by atoms with Crippen LogP contribution in [0.15, 0.2) is 4.52 Å². The van der Waals surface area contributed by atoms with Gasteiger partial charge in [-0.3, -0.25) is 4.79 Å². The number of aromatic nitrogens is 1. The topological polar surface area (TPSA) is 55.1 Å². The average molecular weight is 224 g/mol. The van der Waals surface area contributed by atoms with Gasteiger partial charge in [-0.2, -0.15) is 0 Å². The fourth-order valence-corrected chi connectivity index (χ4v) is 1.59. The number of rotatable bonds is 6. The lowest BCUT2D eigenvalue weighted by molar-refractivity contribution is -0.121. The lowest BCUT2D eigenvalue weighted by Gasteiger charge is -2.03. The molecule has 0 aliphatic rings. The molecule has 0 unspecified atom stereocenters. The van der Waals surface area contributed by atoms with Crippen molar-refractivity contribution in [1.29, 1.82) is 0 Å². The standard InChI is InChI=1S/C12H20N2O2/c1-4-5-8-13-12(15)7-6-11-9(2)14-16-10(11)3/h4-8H2,1-3H3,(H,13,15). The number of carbonyl (C=O) groups is 1. The first-order valence-corrected chi connectivity index (χ1v) is 5.83. The zero-order valence-corrected chi connectivity index (χ0v) is 10.3. The highest BCUT2D eigenvalue weighted by atomic mass is 16.5. The molecule has 0 saturated heterocycles. The smallest absolute Gasteiger partial charge is 0.220 e. The van der Waals surface area contributed by atoms with Crippen molar-refractivity contribution in [2.75, 3.05) is 6.54 Å². The maximum Gasteiger partial charge on any atom is 0.220 e. The van der Waals surface area contributed by atoms with Crippen LogP contribution in [0.3, 0.4) is 0 Å². The van der Waals surface area contributed by atoms with Crippen molar-refractivity contribution in [2.45, 2.75) is 46.5 Å². The molecule has 1 heterocycles. The van der Waals surface area contributed by atoms with Crippen molar-refractivity contribution >= 4 is 5.91 Å². The Morgan fingerprint density at radius 1 is 1.44 bits per heavy atom. The number of nitrogens with zero attached hydrogens (tertiary/aromatic N) is 1. The van der Waals surface area contributed by atoms with Crippen molar-refractivity contribution < 1.29 is 9.32 Å². The quantitative estimate of drug-likeness (QED) is 0.753. The van der Waals surface area contributed by atoms with Crippen LogP contribution in [-0.4, -0.2) is 17.6 Å². The van der Waals surface area contributed by atoms with Gasteiger partial charge in [0.05, 0.1) is 5.69 Å². The van der Waals surface area contributed by atoms with Crippen molar-refractivity contribution in [2.24, 2.45) is 0 Å². The van der Waals surface area contributed by atoms with Gasteiger partial charge in [-0.1, -0.05) is 18.5 Å². The molecule has 1 amide bonds. The molecule has 1 N–H and O–H groups in total. The Kier molecular flexibility index (Phi) is 5.02. The highest BCUT2D eigenvalue weighted by Gasteiger charge is 2.10. The molecule has 0 aliphatic carbocycles. The molecule has 1 aromatic heterocycles. The predicted octanol–water partition coefficient (Wildman–Crippen LogP) is 2.14. The minimum atomic E-state index is 0.105. The summed E-state index contributed by atoms with van der Waals surface area (Å²) >= 11 is 0. The van der Waals surface area contributed by atoms with Crippen LogP contribution >= 0.6 is 0 Å². The molecule has 1 rings (SSSR count). The van der Waals surface area contributed by atoms with Gasteiger partial charge in [0.25, 0.3) is 0 Å². The van der Waals surface area contributed by atoms with E-state index in [4.69, 9.17) is 4.52 Å². The molecule has 16 heavy (non-hydrogen) atoms. The molecule has 0 atom stereocenters. The molecule has 0 bridgehead atoms. The molecule has 0 spiro atoms. The van der Waals surface area contributed by atoms with Gasteiger partial charge in [-0.15, -0.1) is 0 Å². The van der Waals surface area contributed by atoms with Gasteiger partial charge in [-0.05, 0) is 26.7 Å². The third kappa shape index (κ3) is 3.68. The van der Waals surface area contributed by atoms with E-state index in [0.29, 0.717) is 12.8 Å². The second-order valence-corrected chi connectivity index (χ2v) is 4.01. The molecule has 0 aliphatic heterocycles. The summed E-state index contributed by atoms with van der Waals surface area (Å²) in [5, 5.41) is 6.76. The molecule has 0 fully saturated rings. The van der Waals surface area contributed by atoms with Gasteiger partial charge in [0, 0.05) is 18.5 Å². The van der Waals surface area contributed by atoms with Crippen LogP contribution in [-0.2, 0) is 11.2 Å². The lowest BCUT2D eigenvalue weighted by Crippen LogP contribution is -2.24. The Hall–Kier alpha value is -1.32. The molecule has 1 aromatic rings. The minimum absolute atomic E-state index is 0.105. The fourth-order valence-electron chi connectivity index (χ4n) is 1.59. The van der Waals surface area contributed by atoms with Gasteiger partial charge in [0.2, 0.25) is 5.91 Å². The van der Waals surface area contributed by atoms with Crippen LogP contribution in [0.4, 0.5) is 0 Å². The Morgan fingerprint density at radius 3 is 2.75 bits per heavy atom. The summed E-state index contributed by atoms with van der Waals surface area (Å²) in [7, 11) is 0. The second kappa shape index (κ2) is 6.30. The number of hydrogen-bond acceptors (Lipinski definition) is 3. The van der Waals surface area contributed by atoms with E-state index in [2.05, 4.69) is 17.4 Å². The number of unbranched alkanes of at least 4 members (excludes halogenated alkanes) is 1. The fraction of sp³-hybridized carbons (Fsp3) is 0.667. The first kappa shape index (κ1) is 12.7. The largest absolute Gasteiger partial charge is 0.361 e. The van der Waals surface area contributed by atoms with E-state index in [1.54, 1.807) is 0 Å². The van der Waals surface area contributed by atoms with Gasteiger partial charge >= 0.3 is 0 Å². The molecular formula is C12H20N2O2. The van der Waals surface area contributed by atoms with E-state index in [1.807, 2.05) is 13.8 Å². The molecular weight excluding hydrogens is 204 g/mol. The molecule has 4 nitrogen and oxygen atoms in total. The van der Waals surface area contributed by atoms with E-state index >= 15 is 0 Å². The SMILES string of the molecule is CCCCNC(=O)CCc1c(C)noc1C. The summed E-state index contributed by atoms with van der Waals surface area (Å²) < 4.78 is 5.04. The first-order valence-electron chi connectivity index (χ1n) is 5.83. The Morgan fingerprint density at radius 2 is 2.19 bits per heavy atom. The molecule has 4 heteroatoms. The Labute approximate surface area is 96.4 Å².